The molecular formula is C23H20BrNO3. The van der Waals surface area contributed by atoms with E-state index in [0.717, 1.165) is 15.6 Å². The molecule has 0 atom stereocenters. The summed E-state index contributed by atoms with van der Waals surface area (Å²) < 4.78 is 6.65. The Labute approximate surface area is 172 Å². The quantitative estimate of drug-likeness (QED) is 0.531. The molecule has 3 aromatic carbocycles. The third-order valence-corrected chi connectivity index (χ3v) is 5.51. The Morgan fingerprint density at radius 2 is 1.54 bits per heavy atom. The van der Waals surface area contributed by atoms with E-state index in [-0.39, 0.29) is 18.3 Å². The molecule has 0 saturated heterocycles. The van der Waals surface area contributed by atoms with E-state index in [4.69, 9.17) is 4.74 Å². The molecule has 0 unspecified atom stereocenters. The molecule has 0 aliphatic rings. The van der Waals surface area contributed by atoms with E-state index in [1.54, 1.807) is 36.4 Å². The van der Waals surface area contributed by atoms with Gasteiger partial charge < -0.3 is 10.1 Å². The second-order valence-electron chi connectivity index (χ2n) is 6.45. The van der Waals surface area contributed by atoms with Gasteiger partial charge in [0, 0.05) is 15.6 Å². The van der Waals surface area contributed by atoms with Crippen molar-refractivity contribution in [2.45, 2.75) is 13.8 Å². The smallest absolute Gasteiger partial charge is 0.262 e. The maximum Gasteiger partial charge on any atom is 0.262 e. The van der Waals surface area contributed by atoms with Crippen LogP contribution in [0.3, 0.4) is 0 Å². The molecular weight excluding hydrogens is 418 g/mol. The predicted octanol–water partition coefficient (Wildman–Crippen LogP) is 5.31. The summed E-state index contributed by atoms with van der Waals surface area (Å²) in [5.41, 5.74) is 3.55. The number of ketones is 1. The summed E-state index contributed by atoms with van der Waals surface area (Å²) in [5, 5.41) is 2.78. The Bertz CT molecular complexity index is 992. The molecule has 0 aliphatic carbocycles. The summed E-state index contributed by atoms with van der Waals surface area (Å²) in [4.78, 5) is 25.1. The van der Waals surface area contributed by atoms with Gasteiger partial charge in [0.05, 0.1) is 5.69 Å². The topological polar surface area (TPSA) is 55.4 Å². The number of anilines is 1. The lowest BCUT2D eigenvalue weighted by molar-refractivity contribution is -0.118. The highest BCUT2D eigenvalue weighted by molar-refractivity contribution is 9.10. The van der Waals surface area contributed by atoms with Gasteiger partial charge in [-0.15, -0.1) is 0 Å². The molecule has 142 valence electrons. The summed E-state index contributed by atoms with van der Waals surface area (Å²) in [7, 11) is 0. The van der Waals surface area contributed by atoms with Gasteiger partial charge in [0.2, 0.25) is 0 Å². The predicted molar refractivity (Wildman–Crippen MR) is 114 cm³/mol. The summed E-state index contributed by atoms with van der Waals surface area (Å²) in [5.74, 6) is 0.158. The van der Waals surface area contributed by atoms with Gasteiger partial charge in [0.15, 0.2) is 12.4 Å². The number of carbonyl (C=O) groups excluding carboxylic acids is 2. The van der Waals surface area contributed by atoms with Crippen LogP contribution in [0.4, 0.5) is 5.69 Å². The van der Waals surface area contributed by atoms with Crippen LogP contribution in [0.1, 0.15) is 27.0 Å². The Kier molecular flexibility index (Phi) is 6.26. The van der Waals surface area contributed by atoms with E-state index < -0.39 is 0 Å². The SMILES string of the molecule is Cc1cc(OCC(=O)Nc2ccccc2C(=O)c2ccccc2)cc(C)c1Br. The lowest BCUT2D eigenvalue weighted by atomic mass is 10.0. The molecule has 1 N–H and O–H groups in total. The molecule has 0 bridgehead atoms. The molecule has 1 amide bonds. The number of hydrogen-bond donors (Lipinski definition) is 1. The van der Waals surface area contributed by atoms with Crippen LogP contribution in [0, 0.1) is 13.8 Å². The highest BCUT2D eigenvalue weighted by Gasteiger charge is 2.15. The molecule has 28 heavy (non-hydrogen) atoms. The van der Waals surface area contributed by atoms with Crippen LogP contribution in [0.2, 0.25) is 0 Å². The van der Waals surface area contributed by atoms with Crippen LogP contribution in [-0.4, -0.2) is 18.3 Å². The Morgan fingerprint density at radius 3 is 2.21 bits per heavy atom. The first-order chi connectivity index (χ1) is 13.5. The number of ether oxygens (including phenoxy) is 1. The molecule has 5 heteroatoms. The van der Waals surface area contributed by atoms with Crippen molar-refractivity contribution in [3.8, 4) is 5.75 Å². The monoisotopic (exact) mass is 437 g/mol. The van der Waals surface area contributed by atoms with Crippen molar-refractivity contribution in [1.82, 2.24) is 0 Å². The third-order valence-electron chi connectivity index (χ3n) is 4.26. The normalized spacial score (nSPS) is 10.4. The zero-order valence-electron chi connectivity index (χ0n) is 15.7. The van der Waals surface area contributed by atoms with Gasteiger partial charge in [-0.1, -0.05) is 58.4 Å². The van der Waals surface area contributed by atoms with E-state index in [1.807, 2.05) is 44.2 Å². The fourth-order valence-electron chi connectivity index (χ4n) is 2.86. The molecule has 0 heterocycles. The lowest BCUT2D eigenvalue weighted by Crippen LogP contribution is -2.21. The van der Waals surface area contributed by atoms with Crippen molar-refractivity contribution in [3.63, 3.8) is 0 Å². The van der Waals surface area contributed by atoms with Gasteiger partial charge in [-0.05, 0) is 49.2 Å². The van der Waals surface area contributed by atoms with Gasteiger partial charge in [-0.2, -0.15) is 0 Å². The van der Waals surface area contributed by atoms with Crippen molar-refractivity contribution in [2.24, 2.45) is 0 Å². The molecule has 0 radical (unpaired) electrons. The molecule has 0 aliphatic heterocycles. The number of halogens is 1. The Balaban J connectivity index is 1.70. The third kappa shape index (κ3) is 4.67. The minimum absolute atomic E-state index is 0.142. The van der Waals surface area contributed by atoms with Crippen LogP contribution in [0.5, 0.6) is 5.75 Å². The van der Waals surface area contributed by atoms with E-state index >= 15 is 0 Å². The van der Waals surface area contributed by atoms with Gasteiger partial charge in [-0.25, -0.2) is 0 Å². The van der Waals surface area contributed by atoms with Crippen molar-refractivity contribution < 1.29 is 14.3 Å². The average Bonchev–Trinajstić information content (AvgIpc) is 2.71. The maximum absolute atomic E-state index is 12.7. The summed E-state index contributed by atoms with van der Waals surface area (Å²) >= 11 is 3.51. The molecule has 0 spiro atoms. The number of rotatable bonds is 6. The van der Waals surface area contributed by atoms with Crippen molar-refractivity contribution in [2.75, 3.05) is 11.9 Å². The molecule has 3 rings (SSSR count). The van der Waals surface area contributed by atoms with Crippen molar-refractivity contribution >= 4 is 33.3 Å². The van der Waals surface area contributed by atoms with Crippen LogP contribution in [0.15, 0.2) is 71.2 Å². The Hall–Kier alpha value is -2.92. The van der Waals surface area contributed by atoms with Crippen LogP contribution in [-0.2, 0) is 4.79 Å². The molecule has 4 nitrogen and oxygen atoms in total. The number of hydrogen-bond acceptors (Lipinski definition) is 3. The number of amides is 1. The summed E-state index contributed by atoms with van der Waals surface area (Å²) in [6, 6.07) is 19.7. The summed E-state index contributed by atoms with van der Waals surface area (Å²) in [6.45, 7) is 3.79. The van der Waals surface area contributed by atoms with Gasteiger partial charge >= 0.3 is 0 Å². The minimum Gasteiger partial charge on any atom is -0.484 e. The van der Waals surface area contributed by atoms with Gasteiger partial charge in [-0.3, -0.25) is 9.59 Å². The zero-order chi connectivity index (χ0) is 20.1. The van der Waals surface area contributed by atoms with E-state index in [0.29, 0.717) is 22.6 Å². The summed E-state index contributed by atoms with van der Waals surface area (Å²) in [6.07, 6.45) is 0. The van der Waals surface area contributed by atoms with E-state index in [2.05, 4.69) is 21.2 Å². The van der Waals surface area contributed by atoms with Gasteiger partial charge in [0.1, 0.15) is 5.75 Å². The van der Waals surface area contributed by atoms with Gasteiger partial charge in [0.25, 0.3) is 5.91 Å². The van der Waals surface area contributed by atoms with E-state index in [9.17, 15) is 9.59 Å². The van der Waals surface area contributed by atoms with Crippen molar-refractivity contribution in [3.05, 3.63) is 93.5 Å². The average molecular weight is 438 g/mol. The van der Waals surface area contributed by atoms with E-state index in [1.165, 1.54) is 0 Å². The number of nitrogens with one attached hydrogen (secondary N) is 1. The second-order valence-corrected chi connectivity index (χ2v) is 7.24. The van der Waals surface area contributed by atoms with Crippen molar-refractivity contribution in [1.29, 1.82) is 0 Å². The number of para-hydroxylation sites is 1. The Morgan fingerprint density at radius 1 is 0.929 bits per heavy atom. The fourth-order valence-corrected chi connectivity index (χ4v) is 3.09. The fraction of sp³-hybridized carbons (Fsp3) is 0.130. The molecule has 0 aromatic heterocycles. The first kappa shape index (κ1) is 19.8. The zero-order valence-corrected chi connectivity index (χ0v) is 17.2. The number of benzene rings is 3. The molecule has 0 saturated carbocycles. The first-order valence-electron chi connectivity index (χ1n) is 8.84. The second kappa shape index (κ2) is 8.85. The highest BCUT2D eigenvalue weighted by Crippen LogP contribution is 2.26. The van der Waals surface area contributed by atoms with Crippen LogP contribution >= 0.6 is 15.9 Å². The lowest BCUT2D eigenvalue weighted by Gasteiger charge is -2.12. The first-order valence-corrected chi connectivity index (χ1v) is 9.63. The standard InChI is InChI=1S/C23H20BrNO3/c1-15-12-18(13-16(2)22(15)24)28-14-21(26)25-20-11-7-6-10-19(20)23(27)17-8-4-3-5-9-17/h3-13H,14H2,1-2H3,(H,25,26). The van der Waals surface area contributed by atoms with Crippen LogP contribution in [0.25, 0.3) is 0 Å². The minimum atomic E-state index is -0.327. The number of carbonyl (C=O) groups is 2. The highest BCUT2D eigenvalue weighted by atomic mass is 79.9. The number of aryl methyl sites for hydroxylation is 2. The van der Waals surface area contributed by atoms with Crippen LogP contribution < -0.4 is 10.1 Å². The molecule has 3 aromatic rings. The largest absolute Gasteiger partial charge is 0.484 e. The molecule has 0 fully saturated rings. The maximum atomic E-state index is 12.7.